The SMILES string of the molecule is COc1ccc(NC(=O)COc2ccc(C(=O)O)cc2)cc1. The first-order valence-electron chi connectivity index (χ1n) is 6.48. The van der Waals surface area contributed by atoms with Crippen LogP contribution in [0.25, 0.3) is 0 Å². The maximum atomic E-state index is 11.8. The van der Waals surface area contributed by atoms with E-state index in [9.17, 15) is 9.59 Å². The van der Waals surface area contributed by atoms with Gasteiger partial charge >= 0.3 is 5.97 Å². The van der Waals surface area contributed by atoms with Gasteiger partial charge in [-0.1, -0.05) is 0 Å². The molecule has 114 valence electrons. The van der Waals surface area contributed by atoms with Gasteiger partial charge in [0.2, 0.25) is 0 Å². The molecule has 0 aromatic heterocycles. The summed E-state index contributed by atoms with van der Waals surface area (Å²) in [6, 6.07) is 12.8. The molecule has 0 heterocycles. The molecule has 1 amide bonds. The summed E-state index contributed by atoms with van der Waals surface area (Å²) in [6.07, 6.45) is 0. The Hall–Kier alpha value is -3.02. The molecule has 0 saturated heterocycles. The predicted octanol–water partition coefficient (Wildman–Crippen LogP) is 2.41. The molecule has 0 aliphatic heterocycles. The lowest BCUT2D eigenvalue weighted by Crippen LogP contribution is -2.20. The van der Waals surface area contributed by atoms with E-state index in [0.717, 1.165) is 0 Å². The van der Waals surface area contributed by atoms with E-state index in [1.165, 1.54) is 24.3 Å². The summed E-state index contributed by atoms with van der Waals surface area (Å²) in [6.45, 7) is -0.168. The molecule has 0 spiro atoms. The lowest BCUT2D eigenvalue weighted by atomic mass is 10.2. The first-order chi connectivity index (χ1) is 10.6. The summed E-state index contributed by atoms with van der Waals surface area (Å²) >= 11 is 0. The number of carboxylic acids is 1. The molecule has 2 aromatic rings. The van der Waals surface area contributed by atoms with Crippen molar-refractivity contribution in [2.24, 2.45) is 0 Å². The van der Waals surface area contributed by atoms with Crippen molar-refractivity contribution < 1.29 is 24.2 Å². The maximum Gasteiger partial charge on any atom is 0.335 e. The molecule has 0 unspecified atom stereocenters. The molecule has 0 aliphatic carbocycles. The van der Waals surface area contributed by atoms with Gasteiger partial charge in [-0.15, -0.1) is 0 Å². The fraction of sp³-hybridized carbons (Fsp3) is 0.125. The lowest BCUT2D eigenvalue weighted by Gasteiger charge is -2.08. The van der Waals surface area contributed by atoms with Crippen molar-refractivity contribution in [2.75, 3.05) is 19.0 Å². The number of aromatic carboxylic acids is 1. The van der Waals surface area contributed by atoms with E-state index in [2.05, 4.69) is 5.32 Å². The van der Waals surface area contributed by atoms with E-state index in [1.807, 2.05) is 0 Å². The molecule has 22 heavy (non-hydrogen) atoms. The number of methoxy groups -OCH3 is 1. The van der Waals surface area contributed by atoms with Crippen molar-refractivity contribution in [1.29, 1.82) is 0 Å². The maximum absolute atomic E-state index is 11.8. The molecule has 0 aliphatic rings. The summed E-state index contributed by atoms with van der Waals surface area (Å²) in [7, 11) is 1.57. The minimum Gasteiger partial charge on any atom is -0.497 e. The Labute approximate surface area is 127 Å². The van der Waals surface area contributed by atoms with Gasteiger partial charge in [0.25, 0.3) is 5.91 Å². The van der Waals surface area contributed by atoms with E-state index >= 15 is 0 Å². The Bertz CT molecular complexity index is 649. The summed E-state index contributed by atoms with van der Waals surface area (Å²) in [5.41, 5.74) is 0.797. The van der Waals surface area contributed by atoms with Crippen LogP contribution in [-0.4, -0.2) is 30.7 Å². The molecule has 0 bridgehead atoms. The quantitative estimate of drug-likeness (QED) is 0.856. The largest absolute Gasteiger partial charge is 0.497 e. The van der Waals surface area contributed by atoms with Gasteiger partial charge in [0.1, 0.15) is 11.5 Å². The first-order valence-corrected chi connectivity index (χ1v) is 6.48. The Morgan fingerprint density at radius 1 is 1.00 bits per heavy atom. The highest BCUT2D eigenvalue weighted by Crippen LogP contribution is 2.15. The average Bonchev–Trinajstić information content (AvgIpc) is 2.54. The van der Waals surface area contributed by atoms with E-state index < -0.39 is 5.97 Å². The van der Waals surface area contributed by atoms with Gasteiger partial charge in [0.15, 0.2) is 6.61 Å². The van der Waals surface area contributed by atoms with E-state index in [0.29, 0.717) is 17.2 Å². The van der Waals surface area contributed by atoms with Gasteiger partial charge in [0.05, 0.1) is 12.7 Å². The van der Waals surface area contributed by atoms with E-state index in [4.69, 9.17) is 14.6 Å². The second kappa shape index (κ2) is 7.12. The van der Waals surface area contributed by atoms with Gasteiger partial charge in [-0.2, -0.15) is 0 Å². The predicted molar refractivity (Wildman–Crippen MR) is 80.5 cm³/mol. The number of anilines is 1. The topological polar surface area (TPSA) is 84.9 Å². The second-order valence-corrected chi connectivity index (χ2v) is 4.39. The number of nitrogens with one attached hydrogen (secondary N) is 1. The van der Waals surface area contributed by atoms with Crippen LogP contribution in [0.4, 0.5) is 5.69 Å². The van der Waals surface area contributed by atoms with Gasteiger partial charge in [0, 0.05) is 5.69 Å². The average molecular weight is 301 g/mol. The zero-order valence-electron chi connectivity index (χ0n) is 11.9. The molecule has 0 saturated carbocycles. The number of carbonyl (C=O) groups excluding carboxylic acids is 1. The highest BCUT2D eigenvalue weighted by Gasteiger charge is 2.06. The number of amides is 1. The standard InChI is InChI=1S/C16H15NO5/c1-21-13-8-4-12(5-9-13)17-15(18)10-22-14-6-2-11(3-7-14)16(19)20/h2-9H,10H2,1H3,(H,17,18)(H,19,20). The number of carboxylic acid groups (broad SMARTS) is 1. The molecule has 2 rings (SSSR count). The third-order valence-electron chi connectivity index (χ3n) is 2.84. The third kappa shape index (κ3) is 4.24. The van der Waals surface area contributed by atoms with Gasteiger partial charge in [-0.05, 0) is 48.5 Å². The zero-order valence-corrected chi connectivity index (χ0v) is 11.9. The highest BCUT2D eigenvalue weighted by molar-refractivity contribution is 5.92. The van der Waals surface area contributed by atoms with Crippen LogP contribution in [-0.2, 0) is 4.79 Å². The van der Waals surface area contributed by atoms with Crippen LogP contribution in [0.1, 0.15) is 10.4 Å². The van der Waals surface area contributed by atoms with Crippen LogP contribution in [0.15, 0.2) is 48.5 Å². The van der Waals surface area contributed by atoms with E-state index in [1.54, 1.807) is 31.4 Å². The first kappa shape index (κ1) is 15.4. The van der Waals surface area contributed by atoms with Gasteiger partial charge in [-0.25, -0.2) is 4.79 Å². The summed E-state index contributed by atoms with van der Waals surface area (Å²) in [4.78, 5) is 22.5. The minimum atomic E-state index is -1.01. The number of hydrogen-bond acceptors (Lipinski definition) is 4. The van der Waals surface area contributed by atoms with Crippen molar-refractivity contribution in [3.8, 4) is 11.5 Å². The van der Waals surface area contributed by atoms with Crippen LogP contribution < -0.4 is 14.8 Å². The van der Waals surface area contributed by atoms with Crippen LogP contribution in [0.3, 0.4) is 0 Å². The lowest BCUT2D eigenvalue weighted by molar-refractivity contribution is -0.118. The monoisotopic (exact) mass is 301 g/mol. The van der Waals surface area contributed by atoms with Gasteiger partial charge in [-0.3, -0.25) is 4.79 Å². The number of carbonyl (C=O) groups is 2. The number of ether oxygens (including phenoxy) is 2. The fourth-order valence-corrected chi connectivity index (χ4v) is 1.71. The molecule has 2 N–H and O–H groups in total. The Morgan fingerprint density at radius 2 is 1.59 bits per heavy atom. The summed E-state index contributed by atoms with van der Waals surface area (Å²) < 4.78 is 10.3. The van der Waals surface area contributed by atoms with Crippen LogP contribution in [0, 0.1) is 0 Å². The molecule has 6 nitrogen and oxygen atoms in total. The third-order valence-corrected chi connectivity index (χ3v) is 2.84. The number of benzene rings is 2. The van der Waals surface area contributed by atoms with Crippen LogP contribution >= 0.6 is 0 Å². The highest BCUT2D eigenvalue weighted by atomic mass is 16.5. The van der Waals surface area contributed by atoms with Crippen molar-refractivity contribution >= 4 is 17.6 Å². The van der Waals surface area contributed by atoms with Crippen molar-refractivity contribution in [2.45, 2.75) is 0 Å². The molecule has 0 radical (unpaired) electrons. The Balaban J connectivity index is 1.85. The molecule has 6 heteroatoms. The Morgan fingerprint density at radius 3 is 2.14 bits per heavy atom. The number of rotatable bonds is 6. The summed E-state index contributed by atoms with van der Waals surface area (Å²) in [5, 5.41) is 11.5. The molecular weight excluding hydrogens is 286 g/mol. The smallest absolute Gasteiger partial charge is 0.335 e. The fourth-order valence-electron chi connectivity index (χ4n) is 1.71. The van der Waals surface area contributed by atoms with Crippen molar-refractivity contribution in [1.82, 2.24) is 0 Å². The zero-order chi connectivity index (χ0) is 15.9. The van der Waals surface area contributed by atoms with Crippen molar-refractivity contribution in [3.05, 3.63) is 54.1 Å². The molecule has 0 fully saturated rings. The second-order valence-electron chi connectivity index (χ2n) is 4.39. The molecule has 2 aromatic carbocycles. The van der Waals surface area contributed by atoms with Crippen molar-refractivity contribution in [3.63, 3.8) is 0 Å². The molecular formula is C16H15NO5. The molecule has 0 atom stereocenters. The van der Waals surface area contributed by atoms with Gasteiger partial charge < -0.3 is 19.9 Å². The minimum absolute atomic E-state index is 0.162. The number of hydrogen-bond donors (Lipinski definition) is 2. The van der Waals surface area contributed by atoms with Crippen LogP contribution in [0.2, 0.25) is 0 Å². The Kier molecular flexibility index (Phi) is 4.98. The summed E-state index contributed by atoms with van der Waals surface area (Å²) in [5.74, 6) is -0.195. The van der Waals surface area contributed by atoms with Crippen LogP contribution in [0.5, 0.6) is 11.5 Å². The normalized spacial score (nSPS) is 9.86. The van der Waals surface area contributed by atoms with E-state index in [-0.39, 0.29) is 18.1 Å².